The minimum absolute atomic E-state index is 0.933. The quantitative estimate of drug-likeness (QED) is 0.690. The van der Waals surface area contributed by atoms with Crippen molar-refractivity contribution in [2.24, 2.45) is 0 Å². The van der Waals surface area contributed by atoms with Crippen LogP contribution < -0.4 is 5.32 Å². The van der Waals surface area contributed by atoms with Crippen molar-refractivity contribution in [1.82, 2.24) is 10.3 Å². The molecule has 102 valence electrons. The van der Waals surface area contributed by atoms with Crippen LogP contribution in [0, 0.1) is 0 Å². The first-order valence-corrected chi connectivity index (χ1v) is 8.40. The van der Waals surface area contributed by atoms with Crippen molar-refractivity contribution < 1.29 is 0 Å². The summed E-state index contributed by atoms with van der Waals surface area (Å²) in [5.74, 6) is 0. The Hall–Kier alpha value is -1.49. The van der Waals surface area contributed by atoms with E-state index in [9.17, 15) is 0 Å². The van der Waals surface area contributed by atoms with E-state index in [1.807, 2.05) is 22.9 Å². The zero-order valence-electron chi connectivity index (χ0n) is 11.1. The van der Waals surface area contributed by atoms with Crippen molar-refractivity contribution in [2.45, 2.75) is 13.0 Å². The predicted octanol–water partition coefficient (Wildman–Crippen LogP) is 4.20. The van der Waals surface area contributed by atoms with E-state index >= 15 is 0 Å². The van der Waals surface area contributed by atoms with E-state index in [2.05, 4.69) is 52.1 Å². The van der Waals surface area contributed by atoms with Crippen LogP contribution in [0.4, 0.5) is 0 Å². The van der Waals surface area contributed by atoms with Gasteiger partial charge in [0.25, 0.3) is 0 Å². The molecule has 20 heavy (non-hydrogen) atoms. The molecular formula is C16H16N2S2. The van der Waals surface area contributed by atoms with Crippen molar-refractivity contribution in [3.8, 4) is 11.1 Å². The summed E-state index contributed by atoms with van der Waals surface area (Å²) in [5, 5.41) is 8.94. The maximum atomic E-state index is 4.29. The van der Waals surface area contributed by atoms with E-state index in [1.165, 1.54) is 21.0 Å². The highest BCUT2D eigenvalue weighted by Gasteiger charge is 2.02. The lowest BCUT2D eigenvalue weighted by Gasteiger charge is -2.00. The number of hydrogen-bond donors (Lipinski definition) is 1. The molecule has 4 heteroatoms. The third kappa shape index (κ3) is 3.54. The summed E-state index contributed by atoms with van der Waals surface area (Å²) >= 11 is 3.54. The Balaban J connectivity index is 1.50. The minimum Gasteiger partial charge on any atom is -0.311 e. The number of thiophene rings is 1. The van der Waals surface area contributed by atoms with E-state index in [4.69, 9.17) is 0 Å². The van der Waals surface area contributed by atoms with E-state index in [0.717, 1.165) is 19.5 Å². The molecule has 2 aromatic heterocycles. The summed E-state index contributed by atoms with van der Waals surface area (Å²) in [4.78, 5) is 5.66. The lowest BCUT2D eigenvalue weighted by atomic mass is 10.1. The summed E-state index contributed by atoms with van der Waals surface area (Å²) < 4.78 is 0. The molecule has 0 atom stereocenters. The van der Waals surface area contributed by atoms with Gasteiger partial charge < -0.3 is 5.32 Å². The second-order valence-electron chi connectivity index (χ2n) is 4.52. The van der Waals surface area contributed by atoms with Crippen LogP contribution in [0.3, 0.4) is 0 Å². The molecule has 3 aromatic rings. The van der Waals surface area contributed by atoms with Gasteiger partial charge in [0, 0.05) is 36.0 Å². The van der Waals surface area contributed by atoms with Gasteiger partial charge in [-0.05, 0) is 22.6 Å². The zero-order valence-corrected chi connectivity index (χ0v) is 12.7. The highest BCUT2D eigenvalue weighted by atomic mass is 32.1. The largest absolute Gasteiger partial charge is 0.311 e. The molecule has 2 nitrogen and oxygen atoms in total. The second kappa shape index (κ2) is 6.79. The Labute approximate surface area is 127 Å². The molecule has 1 aromatic carbocycles. The molecule has 0 amide bonds. The minimum atomic E-state index is 0.933. The molecular weight excluding hydrogens is 284 g/mol. The predicted molar refractivity (Wildman–Crippen MR) is 87.3 cm³/mol. The van der Waals surface area contributed by atoms with Crippen molar-refractivity contribution >= 4 is 22.7 Å². The van der Waals surface area contributed by atoms with Crippen molar-refractivity contribution in [3.63, 3.8) is 0 Å². The van der Waals surface area contributed by atoms with Gasteiger partial charge in [-0.15, -0.1) is 22.7 Å². The van der Waals surface area contributed by atoms with E-state index < -0.39 is 0 Å². The molecule has 3 rings (SSSR count). The van der Waals surface area contributed by atoms with E-state index in [-0.39, 0.29) is 0 Å². The average molecular weight is 300 g/mol. The molecule has 0 aliphatic heterocycles. The smallest absolute Gasteiger partial charge is 0.0937 e. The van der Waals surface area contributed by atoms with Crippen molar-refractivity contribution in [2.75, 3.05) is 6.54 Å². The number of rotatable bonds is 6. The van der Waals surface area contributed by atoms with Gasteiger partial charge in [-0.25, -0.2) is 4.98 Å². The van der Waals surface area contributed by atoms with E-state index in [1.54, 1.807) is 11.3 Å². The first-order chi connectivity index (χ1) is 9.92. The number of thiazole rings is 1. The third-order valence-electron chi connectivity index (χ3n) is 3.06. The number of benzene rings is 1. The first-order valence-electron chi connectivity index (χ1n) is 6.64. The van der Waals surface area contributed by atoms with Crippen LogP contribution in [0.1, 0.15) is 9.88 Å². The standard InChI is InChI=1S/C16H16N2S2/c1-2-4-13(5-3-1)14-10-15(20-12-14)11-17-7-6-16-18-8-9-19-16/h1-5,8-10,12,17H,6-7,11H2. The summed E-state index contributed by atoms with van der Waals surface area (Å²) in [6.45, 7) is 1.91. The SMILES string of the molecule is c1ccc(-c2csc(CNCCc3nccs3)c2)cc1. The monoisotopic (exact) mass is 300 g/mol. The number of aromatic nitrogens is 1. The fourth-order valence-corrected chi connectivity index (χ4v) is 3.52. The molecule has 0 saturated carbocycles. The van der Waals surface area contributed by atoms with Gasteiger partial charge in [-0.2, -0.15) is 0 Å². The molecule has 0 fully saturated rings. The fraction of sp³-hybridized carbons (Fsp3) is 0.188. The summed E-state index contributed by atoms with van der Waals surface area (Å²) in [7, 11) is 0. The van der Waals surface area contributed by atoms with Crippen LogP contribution in [0.2, 0.25) is 0 Å². The summed E-state index contributed by atoms with van der Waals surface area (Å²) in [6.07, 6.45) is 2.87. The molecule has 2 heterocycles. The lowest BCUT2D eigenvalue weighted by molar-refractivity contribution is 0.692. The topological polar surface area (TPSA) is 24.9 Å². The molecule has 1 N–H and O–H groups in total. The molecule has 0 saturated heterocycles. The van der Waals surface area contributed by atoms with Gasteiger partial charge >= 0.3 is 0 Å². The van der Waals surface area contributed by atoms with Gasteiger partial charge in [0.1, 0.15) is 0 Å². The van der Waals surface area contributed by atoms with Gasteiger partial charge in [0.15, 0.2) is 0 Å². The normalized spacial score (nSPS) is 10.8. The molecule has 0 radical (unpaired) electrons. The molecule has 0 aliphatic carbocycles. The highest BCUT2D eigenvalue weighted by Crippen LogP contribution is 2.25. The van der Waals surface area contributed by atoms with Crippen LogP contribution in [0.15, 0.2) is 53.4 Å². The van der Waals surface area contributed by atoms with Gasteiger partial charge in [0.05, 0.1) is 5.01 Å². The Morgan fingerprint density at radius 2 is 1.95 bits per heavy atom. The molecule has 0 spiro atoms. The van der Waals surface area contributed by atoms with Crippen molar-refractivity contribution in [1.29, 1.82) is 0 Å². The van der Waals surface area contributed by atoms with Gasteiger partial charge in [-0.1, -0.05) is 30.3 Å². The molecule has 0 aliphatic rings. The highest BCUT2D eigenvalue weighted by molar-refractivity contribution is 7.10. The Morgan fingerprint density at radius 3 is 2.75 bits per heavy atom. The van der Waals surface area contributed by atoms with E-state index in [0.29, 0.717) is 0 Å². The third-order valence-corrected chi connectivity index (χ3v) is 4.84. The Morgan fingerprint density at radius 1 is 1.05 bits per heavy atom. The summed E-state index contributed by atoms with van der Waals surface area (Å²) in [6, 6.07) is 12.8. The maximum Gasteiger partial charge on any atom is 0.0937 e. The van der Waals surface area contributed by atoms with Crippen LogP contribution in [0.25, 0.3) is 11.1 Å². The van der Waals surface area contributed by atoms with Gasteiger partial charge in [-0.3, -0.25) is 0 Å². The Kier molecular flexibility index (Phi) is 4.58. The number of nitrogens with zero attached hydrogens (tertiary/aromatic N) is 1. The summed E-state index contributed by atoms with van der Waals surface area (Å²) in [5.41, 5.74) is 2.60. The van der Waals surface area contributed by atoms with Crippen molar-refractivity contribution in [3.05, 3.63) is 63.2 Å². The first kappa shape index (κ1) is 13.5. The van der Waals surface area contributed by atoms with Crippen LogP contribution >= 0.6 is 22.7 Å². The zero-order chi connectivity index (χ0) is 13.6. The molecule has 0 unspecified atom stereocenters. The van der Waals surface area contributed by atoms with Crippen LogP contribution in [0.5, 0.6) is 0 Å². The number of hydrogen-bond acceptors (Lipinski definition) is 4. The number of nitrogens with one attached hydrogen (secondary N) is 1. The molecule has 0 bridgehead atoms. The van der Waals surface area contributed by atoms with Crippen LogP contribution in [-0.4, -0.2) is 11.5 Å². The van der Waals surface area contributed by atoms with Gasteiger partial charge in [0.2, 0.25) is 0 Å². The maximum absolute atomic E-state index is 4.29. The Bertz CT molecular complexity index is 630. The second-order valence-corrected chi connectivity index (χ2v) is 6.50. The average Bonchev–Trinajstić information content (AvgIpc) is 3.16. The fourth-order valence-electron chi connectivity index (χ4n) is 2.04. The lowest BCUT2D eigenvalue weighted by Crippen LogP contribution is -2.15. The van der Waals surface area contributed by atoms with Crippen LogP contribution in [-0.2, 0) is 13.0 Å².